The maximum Gasteiger partial charge on any atom is 0.220 e. The summed E-state index contributed by atoms with van der Waals surface area (Å²) in [6, 6.07) is 0. The lowest BCUT2D eigenvalue weighted by Crippen LogP contribution is -2.32. The van der Waals surface area contributed by atoms with E-state index < -0.39 is 5.79 Å². The Morgan fingerprint density at radius 3 is 2.82 bits per heavy atom. The van der Waals surface area contributed by atoms with Crippen LogP contribution >= 0.6 is 22.6 Å². The highest BCUT2D eigenvalue weighted by molar-refractivity contribution is 14.1. The predicted molar refractivity (Wildman–Crippen MR) is 71.9 cm³/mol. The van der Waals surface area contributed by atoms with Gasteiger partial charge in [0.2, 0.25) is 5.91 Å². The lowest BCUT2D eigenvalue weighted by Gasteiger charge is -2.23. The van der Waals surface area contributed by atoms with Crippen LogP contribution in [0.5, 0.6) is 0 Å². The monoisotopic (exact) mass is 355 g/mol. The Labute approximate surface area is 115 Å². The highest BCUT2D eigenvalue weighted by Crippen LogP contribution is 2.27. The number of ether oxygens (including phenoxy) is 3. The van der Waals surface area contributed by atoms with Crippen molar-refractivity contribution in [3.05, 3.63) is 10.2 Å². The van der Waals surface area contributed by atoms with E-state index >= 15 is 0 Å². The predicted octanol–water partition coefficient (Wildman–Crippen LogP) is 1.22. The highest BCUT2D eigenvalue weighted by Gasteiger charge is 2.33. The van der Waals surface area contributed by atoms with Crippen molar-refractivity contribution in [2.24, 2.45) is 0 Å². The van der Waals surface area contributed by atoms with E-state index in [0.29, 0.717) is 39.2 Å². The van der Waals surface area contributed by atoms with E-state index in [1.165, 1.54) is 0 Å². The van der Waals surface area contributed by atoms with Crippen LogP contribution in [-0.4, -0.2) is 45.2 Å². The van der Waals surface area contributed by atoms with Crippen LogP contribution in [0.15, 0.2) is 10.2 Å². The molecule has 98 valence electrons. The summed E-state index contributed by atoms with van der Waals surface area (Å²) < 4.78 is 17.8. The van der Waals surface area contributed by atoms with Crippen molar-refractivity contribution < 1.29 is 19.0 Å². The molecule has 0 aliphatic carbocycles. The number of hydrogen-bond acceptors (Lipinski definition) is 4. The molecule has 1 rings (SSSR count). The molecule has 1 fully saturated rings. The van der Waals surface area contributed by atoms with Crippen LogP contribution in [-0.2, 0) is 19.0 Å². The van der Waals surface area contributed by atoms with Crippen molar-refractivity contribution in [3.63, 3.8) is 0 Å². The van der Waals surface area contributed by atoms with Gasteiger partial charge in [0.05, 0.1) is 19.8 Å². The lowest BCUT2D eigenvalue weighted by atomic mass is 10.1. The number of carbonyl (C=O) groups excluding carboxylic acids is 1. The van der Waals surface area contributed by atoms with Crippen LogP contribution < -0.4 is 5.32 Å². The van der Waals surface area contributed by atoms with Gasteiger partial charge in [0, 0.05) is 26.5 Å². The summed E-state index contributed by atoms with van der Waals surface area (Å²) in [6.45, 7) is 2.21. The van der Waals surface area contributed by atoms with Crippen molar-refractivity contribution in [2.75, 3.05) is 33.5 Å². The van der Waals surface area contributed by atoms with E-state index in [2.05, 4.69) is 27.9 Å². The van der Waals surface area contributed by atoms with Gasteiger partial charge in [0.15, 0.2) is 5.79 Å². The molecule has 0 atom stereocenters. The van der Waals surface area contributed by atoms with Crippen molar-refractivity contribution >= 4 is 28.5 Å². The van der Waals surface area contributed by atoms with E-state index in [9.17, 15) is 4.79 Å². The molecular formula is C11H18INO4. The summed E-state index contributed by atoms with van der Waals surface area (Å²) in [5.74, 6) is -0.720. The summed E-state index contributed by atoms with van der Waals surface area (Å²) in [7, 11) is 1.60. The number of hydrogen-bond donors (Lipinski definition) is 1. The Hall–Kier alpha value is -0.180. The third-order valence-electron chi connectivity index (χ3n) is 2.42. The minimum Gasteiger partial charge on any atom is -0.383 e. The molecule has 1 saturated heterocycles. The zero-order valence-corrected chi connectivity index (χ0v) is 12.1. The maximum atomic E-state index is 11.5. The first kappa shape index (κ1) is 14.9. The Bertz CT molecular complexity index is 264. The number of carbonyl (C=O) groups is 1. The zero-order chi connectivity index (χ0) is 12.6. The van der Waals surface area contributed by atoms with Crippen LogP contribution in [0.1, 0.15) is 12.8 Å². The first-order valence-corrected chi connectivity index (χ1v) is 6.78. The van der Waals surface area contributed by atoms with Gasteiger partial charge in [0.1, 0.15) is 0 Å². The van der Waals surface area contributed by atoms with Gasteiger partial charge < -0.3 is 19.5 Å². The van der Waals surface area contributed by atoms with Crippen LogP contribution in [0.25, 0.3) is 0 Å². The van der Waals surface area contributed by atoms with Gasteiger partial charge in [-0.1, -0.05) is 22.6 Å². The van der Waals surface area contributed by atoms with Gasteiger partial charge in [-0.05, 0) is 10.2 Å². The van der Waals surface area contributed by atoms with Crippen LogP contribution in [0.3, 0.4) is 0 Å². The molecule has 0 spiro atoms. The Balaban J connectivity index is 2.29. The molecule has 1 N–H and O–H groups in total. The second-order valence-electron chi connectivity index (χ2n) is 3.64. The molecule has 1 aliphatic rings. The molecule has 0 aromatic heterocycles. The first-order chi connectivity index (χ1) is 8.22. The molecule has 0 aromatic carbocycles. The minimum absolute atomic E-state index is 0.0117. The van der Waals surface area contributed by atoms with Crippen LogP contribution in [0.2, 0.25) is 0 Å². The normalized spacial score (nSPS) is 18.7. The fourth-order valence-corrected chi connectivity index (χ4v) is 2.11. The van der Waals surface area contributed by atoms with Gasteiger partial charge >= 0.3 is 0 Å². The van der Waals surface area contributed by atoms with Crippen molar-refractivity contribution in [1.29, 1.82) is 0 Å². The van der Waals surface area contributed by atoms with Gasteiger partial charge in [0.25, 0.3) is 0 Å². The molecule has 1 heterocycles. The Kier molecular flexibility index (Phi) is 7.02. The number of rotatable bonds is 7. The van der Waals surface area contributed by atoms with Gasteiger partial charge in [-0.2, -0.15) is 0 Å². The Morgan fingerprint density at radius 2 is 2.24 bits per heavy atom. The first-order valence-electron chi connectivity index (χ1n) is 5.54. The number of nitrogens with one attached hydrogen (secondary N) is 1. The van der Waals surface area contributed by atoms with Gasteiger partial charge in [-0.15, -0.1) is 0 Å². The standard InChI is InChI=1S/C11H18INO4/c1-15-7-6-13-10(14)2-3-11(4-5-12)16-8-9-17-11/h4-5H,2-3,6-9H2,1H3,(H,13,14). The van der Waals surface area contributed by atoms with Gasteiger partial charge in [-0.25, -0.2) is 0 Å². The van der Waals surface area contributed by atoms with Crippen LogP contribution in [0.4, 0.5) is 0 Å². The topological polar surface area (TPSA) is 56.8 Å². The molecule has 0 saturated carbocycles. The highest BCUT2D eigenvalue weighted by atomic mass is 127. The zero-order valence-electron chi connectivity index (χ0n) is 9.91. The summed E-state index contributed by atoms with van der Waals surface area (Å²) in [5.41, 5.74) is 0. The third-order valence-corrected chi connectivity index (χ3v) is 2.78. The molecule has 0 radical (unpaired) electrons. The molecule has 1 aliphatic heterocycles. The summed E-state index contributed by atoms with van der Waals surface area (Å²) in [6.07, 6.45) is 2.76. The summed E-state index contributed by atoms with van der Waals surface area (Å²) in [4.78, 5) is 11.5. The van der Waals surface area contributed by atoms with E-state index in [-0.39, 0.29) is 5.91 Å². The largest absolute Gasteiger partial charge is 0.383 e. The lowest BCUT2D eigenvalue weighted by molar-refractivity contribution is -0.135. The smallest absolute Gasteiger partial charge is 0.220 e. The fourth-order valence-electron chi connectivity index (χ4n) is 1.56. The second-order valence-corrected chi connectivity index (χ2v) is 4.36. The quantitative estimate of drug-likeness (QED) is 0.551. The minimum atomic E-state index is -0.709. The molecule has 17 heavy (non-hydrogen) atoms. The molecule has 6 heteroatoms. The molecular weight excluding hydrogens is 337 g/mol. The van der Waals surface area contributed by atoms with Crippen molar-refractivity contribution in [2.45, 2.75) is 18.6 Å². The number of halogens is 1. The van der Waals surface area contributed by atoms with E-state index in [1.807, 2.05) is 10.2 Å². The summed E-state index contributed by atoms with van der Waals surface area (Å²) in [5, 5.41) is 2.77. The van der Waals surface area contributed by atoms with Crippen LogP contribution in [0, 0.1) is 0 Å². The number of methoxy groups -OCH3 is 1. The van der Waals surface area contributed by atoms with Gasteiger partial charge in [-0.3, -0.25) is 4.79 Å². The maximum absolute atomic E-state index is 11.5. The summed E-state index contributed by atoms with van der Waals surface area (Å²) >= 11 is 2.11. The average molecular weight is 355 g/mol. The molecule has 0 bridgehead atoms. The second kappa shape index (κ2) is 8.02. The third kappa shape index (κ3) is 5.33. The average Bonchev–Trinajstić information content (AvgIpc) is 2.77. The van der Waals surface area contributed by atoms with Crippen molar-refractivity contribution in [3.8, 4) is 0 Å². The van der Waals surface area contributed by atoms with E-state index in [4.69, 9.17) is 14.2 Å². The SMILES string of the molecule is COCCNC(=O)CCC1(C=CI)OCCO1. The fraction of sp³-hybridized carbons (Fsp3) is 0.727. The Morgan fingerprint density at radius 1 is 1.53 bits per heavy atom. The molecule has 5 nitrogen and oxygen atoms in total. The van der Waals surface area contributed by atoms with E-state index in [1.54, 1.807) is 7.11 Å². The molecule has 0 unspecified atom stereocenters. The molecule has 0 aromatic rings. The van der Waals surface area contributed by atoms with E-state index in [0.717, 1.165) is 0 Å². The molecule has 1 amide bonds. The number of amides is 1. The van der Waals surface area contributed by atoms with Crippen molar-refractivity contribution in [1.82, 2.24) is 5.32 Å².